The van der Waals surface area contributed by atoms with Gasteiger partial charge in [0, 0.05) is 5.92 Å². The molecule has 0 atom stereocenters. The lowest BCUT2D eigenvalue weighted by Crippen LogP contribution is -2.29. The highest BCUT2D eigenvalue weighted by atomic mass is 16.3. The van der Waals surface area contributed by atoms with Gasteiger partial charge in [0.05, 0.1) is 0 Å². The molecule has 1 saturated heterocycles. The van der Waals surface area contributed by atoms with Crippen LogP contribution in [0.5, 0.6) is 0 Å². The smallest absolute Gasteiger partial charge is 0.198 e. The Labute approximate surface area is 114 Å². The van der Waals surface area contributed by atoms with E-state index >= 15 is 0 Å². The second-order valence-corrected chi connectivity index (χ2v) is 6.01. The number of oxazole rings is 1. The van der Waals surface area contributed by atoms with Gasteiger partial charge < -0.3 is 9.32 Å². The van der Waals surface area contributed by atoms with Crippen molar-refractivity contribution in [3.05, 3.63) is 29.7 Å². The molecule has 1 aliphatic heterocycles. The standard InChI is InChI=1S/C16H22N2O/c1-11(2)13-4-5-15-14(10-13)17-16(19-15)12-6-8-18(3)9-7-12/h4-5,10-12H,6-9H2,1-3H3. The van der Waals surface area contributed by atoms with Crippen molar-refractivity contribution in [3.8, 4) is 0 Å². The van der Waals surface area contributed by atoms with Gasteiger partial charge in [0.25, 0.3) is 0 Å². The molecule has 102 valence electrons. The van der Waals surface area contributed by atoms with E-state index in [1.807, 2.05) is 0 Å². The molecule has 1 aromatic carbocycles. The fourth-order valence-corrected chi connectivity index (χ4v) is 2.75. The molecule has 3 nitrogen and oxygen atoms in total. The maximum atomic E-state index is 5.95. The van der Waals surface area contributed by atoms with Gasteiger partial charge >= 0.3 is 0 Å². The molecular weight excluding hydrogens is 236 g/mol. The molecule has 0 spiro atoms. The second kappa shape index (κ2) is 4.97. The largest absolute Gasteiger partial charge is 0.440 e. The molecule has 0 saturated carbocycles. The molecule has 0 radical (unpaired) electrons. The normalized spacial score (nSPS) is 18.5. The molecular formula is C16H22N2O. The minimum atomic E-state index is 0.492. The monoisotopic (exact) mass is 258 g/mol. The summed E-state index contributed by atoms with van der Waals surface area (Å²) in [6, 6.07) is 6.38. The highest BCUT2D eigenvalue weighted by Gasteiger charge is 2.23. The summed E-state index contributed by atoms with van der Waals surface area (Å²) in [6.07, 6.45) is 2.31. The maximum Gasteiger partial charge on any atom is 0.198 e. The number of benzene rings is 1. The zero-order valence-corrected chi connectivity index (χ0v) is 12.0. The molecule has 0 unspecified atom stereocenters. The van der Waals surface area contributed by atoms with E-state index in [1.54, 1.807) is 0 Å². The van der Waals surface area contributed by atoms with Crippen LogP contribution in [0.4, 0.5) is 0 Å². The Morgan fingerprint density at radius 1 is 1.26 bits per heavy atom. The molecule has 3 heteroatoms. The van der Waals surface area contributed by atoms with E-state index in [0.29, 0.717) is 11.8 Å². The van der Waals surface area contributed by atoms with Crippen LogP contribution in [0.2, 0.25) is 0 Å². The molecule has 1 fully saturated rings. The van der Waals surface area contributed by atoms with E-state index in [0.717, 1.165) is 42.9 Å². The average molecular weight is 258 g/mol. The first kappa shape index (κ1) is 12.7. The number of nitrogens with zero attached hydrogens (tertiary/aromatic N) is 2. The lowest BCUT2D eigenvalue weighted by Gasteiger charge is -2.26. The van der Waals surface area contributed by atoms with Gasteiger partial charge in [-0.15, -0.1) is 0 Å². The first-order valence-corrected chi connectivity index (χ1v) is 7.22. The van der Waals surface area contributed by atoms with Crippen LogP contribution < -0.4 is 0 Å². The summed E-state index contributed by atoms with van der Waals surface area (Å²) in [7, 11) is 2.18. The van der Waals surface area contributed by atoms with Gasteiger partial charge in [0.2, 0.25) is 0 Å². The van der Waals surface area contributed by atoms with Crippen LogP contribution in [0.15, 0.2) is 22.6 Å². The lowest BCUT2D eigenvalue weighted by molar-refractivity contribution is 0.239. The average Bonchev–Trinajstić information content (AvgIpc) is 2.82. The van der Waals surface area contributed by atoms with Crippen LogP contribution in [0.25, 0.3) is 11.1 Å². The highest BCUT2D eigenvalue weighted by Crippen LogP contribution is 2.30. The number of likely N-dealkylation sites (tertiary alicyclic amines) is 1. The molecule has 2 heterocycles. The van der Waals surface area contributed by atoms with E-state index in [1.165, 1.54) is 5.56 Å². The molecule has 0 amide bonds. The van der Waals surface area contributed by atoms with Gasteiger partial charge in [0.1, 0.15) is 5.52 Å². The Balaban J connectivity index is 1.89. The van der Waals surface area contributed by atoms with Crippen molar-refractivity contribution in [1.82, 2.24) is 9.88 Å². The van der Waals surface area contributed by atoms with E-state index in [9.17, 15) is 0 Å². The quantitative estimate of drug-likeness (QED) is 0.821. The van der Waals surface area contributed by atoms with Crippen molar-refractivity contribution >= 4 is 11.1 Å². The number of rotatable bonds is 2. The summed E-state index contributed by atoms with van der Waals surface area (Å²) < 4.78 is 5.95. The van der Waals surface area contributed by atoms with Gasteiger partial charge in [-0.1, -0.05) is 19.9 Å². The summed E-state index contributed by atoms with van der Waals surface area (Å²) in [5.41, 5.74) is 3.27. The van der Waals surface area contributed by atoms with Gasteiger partial charge in [0.15, 0.2) is 11.5 Å². The molecule has 0 bridgehead atoms. The molecule has 0 aliphatic carbocycles. The topological polar surface area (TPSA) is 29.3 Å². The van der Waals surface area contributed by atoms with E-state index in [-0.39, 0.29) is 0 Å². The predicted molar refractivity (Wildman–Crippen MR) is 77.6 cm³/mol. The Morgan fingerprint density at radius 3 is 2.68 bits per heavy atom. The fourth-order valence-electron chi connectivity index (χ4n) is 2.75. The molecule has 3 rings (SSSR count). The number of hydrogen-bond donors (Lipinski definition) is 0. The van der Waals surface area contributed by atoms with Gasteiger partial charge in [-0.2, -0.15) is 0 Å². The van der Waals surface area contributed by atoms with Crippen molar-refractivity contribution in [3.63, 3.8) is 0 Å². The van der Waals surface area contributed by atoms with Gasteiger partial charge in [-0.3, -0.25) is 0 Å². The first-order valence-electron chi connectivity index (χ1n) is 7.22. The number of fused-ring (bicyclic) bond motifs is 1. The number of aromatic nitrogens is 1. The van der Waals surface area contributed by atoms with Crippen LogP contribution in [0.1, 0.15) is 50.0 Å². The van der Waals surface area contributed by atoms with E-state index in [4.69, 9.17) is 9.40 Å². The minimum absolute atomic E-state index is 0.492. The van der Waals surface area contributed by atoms with Crippen molar-refractivity contribution in [2.45, 2.75) is 38.5 Å². The predicted octanol–water partition coefficient (Wildman–Crippen LogP) is 3.76. The van der Waals surface area contributed by atoms with Crippen LogP contribution in [0.3, 0.4) is 0 Å². The molecule has 19 heavy (non-hydrogen) atoms. The number of hydrogen-bond acceptors (Lipinski definition) is 3. The first-order chi connectivity index (χ1) is 9.13. The summed E-state index contributed by atoms with van der Waals surface area (Å²) in [4.78, 5) is 7.09. The van der Waals surface area contributed by atoms with E-state index < -0.39 is 0 Å². The zero-order chi connectivity index (χ0) is 13.4. The minimum Gasteiger partial charge on any atom is -0.440 e. The summed E-state index contributed by atoms with van der Waals surface area (Å²) in [6.45, 7) is 6.69. The third-order valence-electron chi connectivity index (χ3n) is 4.16. The summed E-state index contributed by atoms with van der Waals surface area (Å²) in [5.74, 6) is 1.96. The van der Waals surface area contributed by atoms with Crippen molar-refractivity contribution in [2.24, 2.45) is 0 Å². The van der Waals surface area contributed by atoms with Crippen LogP contribution in [-0.4, -0.2) is 30.0 Å². The van der Waals surface area contributed by atoms with Crippen molar-refractivity contribution < 1.29 is 4.42 Å². The fraction of sp³-hybridized carbons (Fsp3) is 0.562. The van der Waals surface area contributed by atoms with Crippen molar-refractivity contribution in [2.75, 3.05) is 20.1 Å². The SMILES string of the molecule is CC(C)c1ccc2oc(C3CCN(C)CC3)nc2c1. The Kier molecular flexibility index (Phi) is 3.31. The van der Waals surface area contributed by atoms with Gasteiger partial charge in [-0.25, -0.2) is 4.98 Å². The van der Waals surface area contributed by atoms with Crippen molar-refractivity contribution in [1.29, 1.82) is 0 Å². The third kappa shape index (κ3) is 2.52. The molecule has 1 aliphatic rings. The summed E-state index contributed by atoms with van der Waals surface area (Å²) >= 11 is 0. The molecule has 1 aromatic heterocycles. The zero-order valence-electron chi connectivity index (χ0n) is 12.0. The van der Waals surface area contributed by atoms with Crippen LogP contribution in [-0.2, 0) is 0 Å². The molecule has 2 aromatic rings. The Morgan fingerprint density at radius 2 is 2.00 bits per heavy atom. The maximum absolute atomic E-state index is 5.95. The third-order valence-corrected chi connectivity index (χ3v) is 4.16. The summed E-state index contributed by atoms with van der Waals surface area (Å²) in [5, 5.41) is 0. The molecule has 0 N–H and O–H groups in total. The Hall–Kier alpha value is -1.35. The number of piperidine rings is 1. The van der Waals surface area contributed by atoms with Crippen LogP contribution in [0, 0.1) is 0 Å². The van der Waals surface area contributed by atoms with Gasteiger partial charge in [-0.05, 0) is 56.6 Å². The van der Waals surface area contributed by atoms with E-state index in [2.05, 4.69) is 44.0 Å². The van der Waals surface area contributed by atoms with Crippen LogP contribution >= 0.6 is 0 Å². The Bertz CT molecular complexity index is 565. The highest BCUT2D eigenvalue weighted by molar-refractivity contribution is 5.73. The second-order valence-electron chi connectivity index (χ2n) is 6.01. The lowest BCUT2D eigenvalue weighted by atomic mass is 9.97.